The molecule has 0 fully saturated rings. The quantitative estimate of drug-likeness (QED) is 0.837. The molecule has 2 aromatic rings. The fourth-order valence-electron chi connectivity index (χ4n) is 1.73. The van der Waals surface area contributed by atoms with Crippen molar-refractivity contribution in [1.29, 1.82) is 0 Å². The molecule has 0 saturated carbocycles. The molecule has 0 amide bonds. The van der Waals surface area contributed by atoms with E-state index in [1.54, 1.807) is 0 Å². The third kappa shape index (κ3) is 3.25. The zero-order chi connectivity index (χ0) is 12.8. The van der Waals surface area contributed by atoms with Crippen LogP contribution in [0, 0.1) is 0 Å². The van der Waals surface area contributed by atoms with Gasteiger partial charge in [-0.1, -0.05) is 42.5 Å². The van der Waals surface area contributed by atoms with Crippen LogP contribution in [-0.4, -0.2) is 17.6 Å². The van der Waals surface area contributed by atoms with Gasteiger partial charge in [-0.25, -0.2) is 0 Å². The Morgan fingerprint density at radius 2 is 1.56 bits per heavy atom. The largest absolute Gasteiger partial charge is 0.492 e. The second-order valence-corrected chi connectivity index (χ2v) is 4.30. The molecule has 1 atom stereocenters. The fraction of sp³-hybridized carbons (Fsp3) is 0.200. The van der Waals surface area contributed by atoms with Crippen LogP contribution >= 0.6 is 11.6 Å². The molecule has 1 unspecified atom stereocenters. The Labute approximate surface area is 112 Å². The molecular weight excluding hydrogens is 248 g/mol. The topological polar surface area (TPSA) is 29.5 Å². The molecule has 2 rings (SSSR count). The molecule has 0 spiro atoms. The first-order chi connectivity index (χ1) is 8.81. The summed E-state index contributed by atoms with van der Waals surface area (Å²) in [6, 6.07) is 17.0. The molecule has 0 heterocycles. The molecule has 0 aliphatic heterocycles. The van der Waals surface area contributed by atoms with Gasteiger partial charge >= 0.3 is 0 Å². The minimum Gasteiger partial charge on any atom is -0.492 e. The average molecular weight is 263 g/mol. The van der Waals surface area contributed by atoms with E-state index in [-0.39, 0.29) is 0 Å². The number of hydrogen-bond donors (Lipinski definition) is 1. The Morgan fingerprint density at radius 3 is 2.17 bits per heavy atom. The molecule has 18 heavy (non-hydrogen) atoms. The maximum atomic E-state index is 10.2. The number of ether oxygens (including phenoxy) is 1. The fourth-order valence-corrected chi connectivity index (χ4v) is 1.81. The molecule has 0 aliphatic rings. The second kappa shape index (κ2) is 6.43. The van der Waals surface area contributed by atoms with E-state index in [1.165, 1.54) is 0 Å². The van der Waals surface area contributed by atoms with Crippen LogP contribution in [0.1, 0.15) is 17.2 Å². The highest BCUT2D eigenvalue weighted by Gasteiger charge is 2.09. The zero-order valence-corrected chi connectivity index (χ0v) is 10.7. The van der Waals surface area contributed by atoms with Crippen LogP contribution in [0.25, 0.3) is 0 Å². The normalized spacial score (nSPS) is 12.1. The van der Waals surface area contributed by atoms with Gasteiger partial charge < -0.3 is 9.84 Å². The maximum absolute atomic E-state index is 10.2. The third-order valence-corrected chi connectivity index (χ3v) is 2.81. The van der Waals surface area contributed by atoms with Gasteiger partial charge in [0.15, 0.2) is 0 Å². The highest BCUT2D eigenvalue weighted by molar-refractivity contribution is 6.17. The van der Waals surface area contributed by atoms with Crippen LogP contribution < -0.4 is 4.74 Å². The van der Waals surface area contributed by atoms with Crippen molar-refractivity contribution in [3.63, 3.8) is 0 Å². The molecule has 0 aliphatic carbocycles. The second-order valence-electron chi connectivity index (χ2n) is 3.92. The van der Waals surface area contributed by atoms with Crippen molar-refractivity contribution < 1.29 is 9.84 Å². The van der Waals surface area contributed by atoms with E-state index >= 15 is 0 Å². The van der Waals surface area contributed by atoms with Crippen LogP contribution in [-0.2, 0) is 0 Å². The highest BCUT2D eigenvalue weighted by Crippen LogP contribution is 2.23. The molecule has 0 radical (unpaired) electrons. The van der Waals surface area contributed by atoms with Gasteiger partial charge in [0.05, 0.1) is 5.88 Å². The Balaban J connectivity index is 2.09. The van der Waals surface area contributed by atoms with E-state index in [0.717, 1.165) is 16.9 Å². The van der Waals surface area contributed by atoms with Gasteiger partial charge in [-0.2, -0.15) is 0 Å². The lowest BCUT2D eigenvalue weighted by atomic mass is 10.0. The Morgan fingerprint density at radius 1 is 0.944 bits per heavy atom. The summed E-state index contributed by atoms with van der Waals surface area (Å²) in [6.07, 6.45) is -0.603. The maximum Gasteiger partial charge on any atom is 0.119 e. The summed E-state index contributed by atoms with van der Waals surface area (Å²) in [6.45, 7) is 0.488. The van der Waals surface area contributed by atoms with Gasteiger partial charge in [0.1, 0.15) is 18.5 Å². The Kier molecular flexibility index (Phi) is 4.62. The lowest BCUT2D eigenvalue weighted by Crippen LogP contribution is -2.01. The van der Waals surface area contributed by atoms with Crippen LogP contribution in [0.5, 0.6) is 5.75 Å². The highest BCUT2D eigenvalue weighted by atomic mass is 35.5. The molecule has 3 heteroatoms. The molecule has 2 aromatic carbocycles. The predicted octanol–water partition coefficient (Wildman–Crippen LogP) is 3.39. The van der Waals surface area contributed by atoms with E-state index in [9.17, 15) is 5.11 Å². The third-order valence-electron chi connectivity index (χ3n) is 2.66. The van der Waals surface area contributed by atoms with Crippen molar-refractivity contribution in [3.05, 3.63) is 65.7 Å². The molecule has 0 bridgehead atoms. The molecule has 0 aromatic heterocycles. The van der Waals surface area contributed by atoms with E-state index in [0.29, 0.717) is 12.5 Å². The van der Waals surface area contributed by atoms with Crippen molar-refractivity contribution in [3.8, 4) is 5.75 Å². The summed E-state index contributed by atoms with van der Waals surface area (Å²) in [5, 5.41) is 10.2. The van der Waals surface area contributed by atoms with Gasteiger partial charge in [0.25, 0.3) is 0 Å². The zero-order valence-electron chi connectivity index (χ0n) is 9.92. The number of aliphatic hydroxyl groups excluding tert-OH is 1. The van der Waals surface area contributed by atoms with Crippen molar-refractivity contribution in [2.75, 3.05) is 12.5 Å². The number of hydrogen-bond acceptors (Lipinski definition) is 2. The summed E-state index contributed by atoms with van der Waals surface area (Å²) >= 11 is 5.55. The summed E-state index contributed by atoms with van der Waals surface area (Å²) in [7, 11) is 0. The summed E-state index contributed by atoms with van der Waals surface area (Å²) < 4.78 is 5.38. The standard InChI is InChI=1S/C15H15ClO2/c16-10-11-18-14-8-6-13(7-9-14)15(17)12-4-2-1-3-5-12/h1-9,15,17H,10-11H2. The molecular formula is C15H15ClO2. The first-order valence-corrected chi connectivity index (χ1v) is 6.36. The summed E-state index contributed by atoms with van der Waals surface area (Å²) in [5.74, 6) is 1.23. The molecule has 1 N–H and O–H groups in total. The average Bonchev–Trinajstić information content (AvgIpc) is 2.46. The lowest BCUT2D eigenvalue weighted by molar-refractivity contribution is 0.220. The molecule has 0 saturated heterocycles. The predicted molar refractivity (Wildman–Crippen MR) is 73.2 cm³/mol. The molecule has 2 nitrogen and oxygen atoms in total. The SMILES string of the molecule is OC(c1ccccc1)c1ccc(OCCCl)cc1. The number of rotatable bonds is 5. The number of benzene rings is 2. The van der Waals surface area contributed by atoms with Crippen LogP contribution in [0.15, 0.2) is 54.6 Å². The minimum atomic E-state index is -0.603. The number of alkyl halides is 1. The van der Waals surface area contributed by atoms with Gasteiger partial charge in [-0.15, -0.1) is 11.6 Å². The smallest absolute Gasteiger partial charge is 0.119 e. The summed E-state index contributed by atoms with van der Waals surface area (Å²) in [5.41, 5.74) is 1.73. The van der Waals surface area contributed by atoms with E-state index in [2.05, 4.69) is 0 Å². The first kappa shape index (κ1) is 12.9. The van der Waals surface area contributed by atoms with Crippen molar-refractivity contribution in [1.82, 2.24) is 0 Å². The van der Waals surface area contributed by atoms with Gasteiger partial charge in [-0.3, -0.25) is 0 Å². The van der Waals surface area contributed by atoms with E-state index < -0.39 is 6.10 Å². The van der Waals surface area contributed by atoms with Gasteiger partial charge in [0, 0.05) is 0 Å². The van der Waals surface area contributed by atoms with Crippen LogP contribution in [0.3, 0.4) is 0 Å². The van der Waals surface area contributed by atoms with E-state index in [4.69, 9.17) is 16.3 Å². The molecule has 94 valence electrons. The van der Waals surface area contributed by atoms with Crippen molar-refractivity contribution in [2.24, 2.45) is 0 Å². The minimum absolute atomic E-state index is 0.467. The van der Waals surface area contributed by atoms with Crippen molar-refractivity contribution in [2.45, 2.75) is 6.10 Å². The number of halogens is 1. The van der Waals surface area contributed by atoms with Crippen LogP contribution in [0.2, 0.25) is 0 Å². The van der Waals surface area contributed by atoms with Gasteiger partial charge in [-0.05, 0) is 23.3 Å². The first-order valence-electron chi connectivity index (χ1n) is 5.83. The lowest BCUT2D eigenvalue weighted by Gasteiger charge is -2.12. The monoisotopic (exact) mass is 262 g/mol. The Hall–Kier alpha value is -1.51. The van der Waals surface area contributed by atoms with Gasteiger partial charge in [0.2, 0.25) is 0 Å². The van der Waals surface area contributed by atoms with E-state index in [1.807, 2.05) is 54.6 Å². The summed E-state index contributed by atoms with van der Waals surface area (Å²) in [4.78, 5) is 0. The van der Waals surface area contributed by atoms with Crippen molar-refractivity contribution >= 4 is 11.6 Å². The Bertz CT molecular complexity index is 468. The number of aliphatic hydroxyl groups is 1. The van der Waals surface area contributed by atoms with Crippen LogP contribution in [0.4, 0.5) is 0 Å².